The van der Waals surface area contributed by atoms with Crippen molar-refractivity contribution in [1.29, 1.82) is 0 Å². The fraction of sp³-hybridized carbons (Fsp3) is 0.360. The second-order valence-corrected chi connectivity index (χ2v) is 8.73. The van der Waals surface area contributed by atoms with E-state index in [2.05, 4.69) is 11.8 Å². The van der Waals surface area contributed by atoms with Crippen molar-refractivity contribution in [3.8, 4) is 5.75 Å². The molecule has 168 valence electrons. The monoisotopic (exact) mass is 454 g/mol. The van der Waals surface area contributed by atoms with Crippen LogP contribution in [0.5, 0.6) is 5.75 Å². The minimum Gasteiger partial charge on any atom is -0.494 e. The largest absolute Gasteiger partial charge is 0.494 e. The van der Waals surface area contributed by atoms with Crippen LogP contribution >= 0.6 is 11.6 Å². The van der Waals surface area contributed by atoms with Gasteiger partial charge in [-0.25, -0.2) is 0 Å². The number of halogens is 1. The van der Waals surface area contributed by atoms with E-state index in [-0.39, 0.29) is 17.1 Å². The van der Waals surface area contributed by atoms with Gasteiger partial charge in [-0.3, -0.25) is 9.59 Å². The Kier molecular flexibility index (Phi) is 6.53. The van der Waals surface area contributed by atoms with Crippen LogP contribution in [-0.2, 0) is 0 Å². The van der Waals surface area contributed by atoms with Crippen molar-refractivity contribution in [3.05, 3.63) is 74.6 Å². The summed E-state index contributed by atoms with van der Waals surface area (Å²) in [7, 11) is 3.99. The molecule has 0 bridgehead atoms. The van der Waals surface area contributed by atoms with E-state index < -0.39 is 6.04 Å². The number of hydrogen-bond donors (Lipinski definition) is 0. The number of carbonyl (C=O) groups is 1. The first kappa shape index (κ1) is 22.4. The Hall–Kier alpha value is -2.83. The quantitative estimate of drug-likeness (QED) is 0.492. The van der Waals surface area contributed by atoms with Crippen LogP contribution in [0.25, 0.3) is 11.0 Å². The fourth-order valence-corrected chi connectivity index (χ4v) is 4.27. The van der Waals surface area contributed by atoms with Crippen molar-refractivity contribution in [2.24, 2.45) is 0 Å². The average Bonchev–Trinajstić information content (AvgIpc) is 3.05. The lowest BCUT2D eigenvalue weighted by atomic mass is 9.98. The number of amides is 1. The van der Waals surface area contributed by atoms with E-state index in [0.717, 1.165) is 30.7 Å². The molecule has 0 N–H and O–H groups in total. The van der Waals surface area contributed by atoms with Gasteiger partial charge in [-0.15, -0.1) is 0 Å². The summed E-state index contributed by atoms with van der Waals surface area (Å²) in [6.07, 6.45) is 1.70. The van der Waals surface area contributed by atoms with Crippen molar-refractivity contribution in [3.63, 3.8) is 0 Å². The lowest BCUT2D eigenvalue weighted by Gasteiger charge is -2.26. The molecule has 32 heavy (non-hydrogen) atoms. The van der Waals surface area contributed by atoms with Crippen LogP contribution in [0.4, 0.5) is 0 Å². The van der Waals surface area contributed by atoms with Crippen LogP contribution in [0.3, 0.4) is 0 Å². The molecular formula is C25H27ClN2O4. The Morgan fingerprint density at radius 3 is 2.56 bits per heavy atom. The summed E-state index contributed by atoms with van der Waals surface area (Å²) in [6.45, 7) is 4.03. The molecule has 0 fully saturated rings. The average molecular weight is 455 g/mol. The molecule has 4 rings (SSSR count). The zero-order valence-corrected chi connectivity index (χ0v) is 19.3. The van der Waals surface area contributed by atoms with Gasteiger partial charge in [0.15, 0.2) is 5.43 Å². The Morgan fingerprint density at radius 2 is 1.88 bits per heavy atom. The van der Waals surface area contributed by atoms with Gasteiger partial charge in [-0.2, -0.15) is 0 Å². The highest BCUT2D eigenvalue weighted by Gasteiger charge is 2.42. The van der Waals surface area contributed by atoms with E-state index in [9.17, 15) is 9.59 Å². The smallest absolute Gasteiger partial charge is 0.290 e. The molecule has 7 heteroatoms. The predicted octanol–water partition coefficient (Wildman–Crippen LogP) is 4.73. The molecule has 0 saturated carbocycles. The van der Waals surface area contributed by atoms with E-state index in [1.807, 2.05) is 38.4 Å². The second kappa shape index (κ2) is 9.35. The molecule has 1 amide bonds. The van der Waals surface area contributed by atoms with Crippen molar-refractivity contribution in [2.75, 3.05) is 33.8 Å². The van der Waals surface area contributed by atoms with E-state index >= 15 is 0 Å². The van der Waals surface area contributed by atoms with Crippen LogP contribution in [0.2, 0.25) is 5.02 Å². The molecule has 2 heterocycles. The second-order valence-electron chi connectivity index (χ2n) is 8.29. The third-order valence-electron chi connectivity index (χ3n) is 5.60. The maximum atomic E-state index is 13.5. The van der Waals surface area contributed by atoms with Gasteiger partial charge in [0.1, 0.15) is 11.3 Å². The summed E-state index contributed by atoms with van der Waals surface area (Å²) < 4.78 is 11.6. The first-order valence-corrected chi connectivity index (χ1v) is 11.2. The Labute approximate surface area is 192 Å². The molecule has 6 nitrogen and oxygen atoms in total. The highest BCUT2D eigenvalue weighted by atomic mass is 35.5. The number of carbonyl (C=O) groups excluding carboxylic acids is 1. The zero-order valence-electron chi connectivity index (χ0n) is 18.6. The van der Waals surface area contributed by atoms with Gasteiger partial charge in [0.2, 0.25) is 5.76 Å². The van der Waals surface area contributed by atoms with Gasteiger partial charge >= 0.3 is 0 Å². The normalized spacial score (nSPS) is 15.6. The van der Waals surface area contributed by atoms with E-state index in [1.54, 1.807) is 23.1 Å². The molecule has 1 aromatic heterocycles. The number of nitrogens with zero attached hydrogens (tertiary/aromatic N) is 2. The van der Waals surface area contributed by atoms with Crippen molar-refractivity contribution in [2.45, 2.75) is 25.8 Å². The summed E-state index contributed by atoms with van der Waals surface area (Å²) in [4.78, 5) is 30.7. The molecule has 0 aliphatic carbocycles. The van der Waals surface area contributed by atoms with Crippen molar-refractivity contribution >= 4 is 28.5 Å². The van der Waals surface area contributed by atoms with E-state index in [1.165, 1.54) is 0 Å². The van der Waals surface area contributed by atoms with Gasteiger partial charge in [0.25, 0.3) is 5.91 Å². The lowest BCUT2D eigenvalue weighted by molar-refractivity contribution is 0.0722. The SMILES string of the molecule is CCCOc1ccc([C@@H]2c3c(oc4ccc(Cl)cc4c3=O)C(=O)N2CCCN(C)C)cc1. The third kappa shape index (κ3) is 4.25. The van der Waals surface area contributed by atoms with Crippen molar-refractivity contribution in [1.82, 2.24) is 9.80 Å². The Morgan fingerprint density at radius 1 is 1.12 bits per heavy atom. The van der Waals surface area contributed by atoms with Gasteiger partial charge in [0, 0.05) is 11.6 Å². The Balaban J connectivity index is 1.80. The summed E-state index contributed by atoms with van der Waals surface area (Å²) in [5.41, 5.74) is 1.36. The van der Waals surface area contributed by atoms with Crippen LogP contribution in [0.1, 0.15) is 47.5 Å². The molecule has 1 aliphatic rings. The maximum Gasteiger partial charge on any atom is 0.290 e. The molecule has 3 aromatic rings. The summed E-state index contributed by atoms with van der Waals surface area (Å²) in [5.74, 6) is 0.617. The fourth-order valence-electron chi connectivity index (χ4n) is 4.09. The first-order chi connectivity index (χ1) is 15.4. The topological polar surface area (TPSA) is 63.0 Å². The molecule has 1 atom stereocenters. The van der Waals surface area contributed by atoms with E-state index in [0.29, 0.717) is 34.7 Å². The highest BCUT2D eigenvalue weighted by Crippen LogP contribution is 2.38. The number of fused-ring (bicyclic) bond motifs is 2. The minimum absolute atomic E-state index is 0.117. The summed E-state index contributed by atoms with van der Waals surface area (Å²) in [5, 5.41) is 0.831. The summed E-state index contributed by atoms with van der Waals surface area (Å²) in [6, 6.07) is 12.0. The molecule has 2 aromatic carbocycles. The van der Waals surface area contributed by atoms with Gasteiger partial charge in [-0.1, -0.05) is 30.7 Å². The van der Waals surface area contributed by atoms with Crippen molar-refractivity contribution < 1.29 is 13.9 Å². The highest BCUT2D eigenvalue weighted by molar-refractivity contribution is 6.31. The summed E-state index contributed by atoms with van der Waals surface area (Å²) >= 11 is 6.13. The maximum absolute atomic E-state index is 13.5. The zero-order chi connectivity index (χ0) is 22.8. The van der Waals surface area contributed by atoms with Crippen LogP contribution in [0, 0.1) is 0 Å². The molecule has 0 radical (unpaired) electrons. The van der Waals surface area contributed by atoms with Crippen LogP contribution in [-0.4, -0.2) is 49.5 Å². The third-order valence-corrected chi connectivity index (χ3v) is 5.84. The predicted molar refractivity (Wildman–Crippen MR) is 126 cm³/mol. The molecule has 0 spiro atoms. The standard InChI is InChI=1S/C25H27ClN2O4/c1-4-14-31-18-9-6-16(7-10-18)22-21-23(29)19-15-17(26)8-11-20(19)32-24(21)25(30)28(22)13-5-12-27(2)3/h6-11,15,22H,4-5,12-14H2,1-3H3/t22-/m1/s1. The number of hydrogen-bond acceptors (Lipinski definition) is 5. The molecular weight excluding hydrogens is 428 g/mol. The van der Waals surface area contributed by atoms with Gasteiger partial charge in [0.05, 0.1) is 23.6 Å². The first-order valence-electron chi connectivity index (χ1n) is 10.9. The molecule has 1 aliphatic heterocycles. The number of benzene rings is 2. The van der Waals surface area contributed by atoms with Crippen LogP contribution in [0.15, 0.2) is 51.7 Å². The lowest BCUT2D eigenvalue weighted by Crippen LogP contribution is -2.32. The molecule has 0 saturated heterocycles. The van der Waals surface area contributed by atoms with Gasteiger partial charge < -0.3 is 19.0 Å². The number of ether oxygens (including phenoxy) is 1. The van der Waals surface area contributed by atoms with Gasteiger partial charge in [-0.05, 0) is 69.4 Å². The number of rotatable bonds is 8. The van der Waals surface area contributed by atoms with Crippen LogP contribution < -0.4 is 10.2 Å². The Bertz CT molecular complexity index is 1190. The van der Waals surface area contributed by atoms with E-state index in [4.69, 9.17) is 20.8 Å². The molecule has 0 unspecified atom stereocenters. The minimum atomic E-state index is -0.514.